The molecule has 4 heteroatoms. The number of hydrazone groups is 1. The Labute approximate surface area is 114 Å². The molecule has 2 rings (SSSR count). The summed E-state index contributed by atoms with van der Waals surface area (Å²) in [5.74, 6) is -0.0247. The van der Waals surface area contributed by atoms with E-state index < -0.39 is 0 Å². The summed E-state index contributed by atoms with van der Waals surface area (Å²) in [6.45, 7) is 5.15. The van der Waals surface area contributed by atoms with Gasteiger partial charge in [0, 0.05) is 0 Å². The third-order valence-corrected chi connectivity index (χ3v) is 3.47. The van der Waals surface area contributed by atoms with E-state index in [0.717, 1.165) is 17.7 Å². The van der Waals surface area contributed by atoms with Crippen molar-refractivity contribution in [1.29, 1.82) is 0 Å². The van der Waals surface area contributed by atoms with Gasteiger partial charge in [-0.05, 0) is 31.9 Å². The van der Waals surface area contributed by atoms with Crippen LogP contribution in [0.3, 0.4) is 0 Å². The maximum absolute atomic E-state index is 12.3. The highest BCUT2D eigenvalue weighted by atomic mass is 16.2. The van der Waals surface area contributed by atoms with Crippen molar-refractivity contribution in [3.63, 3.8) is 0 Å². The lowest BCUT2D eigenvalue weighted by Gasteiger charge is -2.14. The van der Waals surface area contributed by atoms with E-state index >= 15 is 0 Å². The molecule has 102 valence electrons. The highest BCUT2D eigenvalue weighted by Gasteiger charge is 2.33. The lowest BCUT2D eigenvalue weighted by molar-refractivity contribution is -0.132. The summed E-state index contributed by atoms with van der Waals surface area (Å²) in [6.07, 6.45) is 1.50. The Hall–Kier alpha value is -1.68. The molecule has 0 bridgehead atoms. The van der Waals surface area contributed by atoms with Crippen LogP contribution in [0.15, 0.2) is 29.4 Å². The summed E-state index contributed by atoms with van der Waals surface area (Å²) in [4.78, 5) is 12.3. The van der Waals surface area contributed by atoms with Crippen LogP contribution in [0, 0.1) is 12.8 Å². The van der Waals surface area contributed by atoms with Crippen molar-refractivity contribution < 1.29 is 4.79 Å². The minimum Gasteiger partial charge on any atom is -0.330 e. The molecule has 1 amide bonds. The number of amides is 1. The first-order valence-corrected chi connectivity index (χ1v) is 6.80. The van der Waals surface area contributed by atoms with Crippen molar-refractivity contribution in [2.24, 2.45) is 16.8 Å². The fourth-order valence-corrected chi connectivity index (χ4v) is 2.35. The highest BCUT2D eigenvalue weighted by molar-refractivity contribution is 6.07. The van der Waals surface area contributed by atoms with Gasteiger partial charge >= 0.3 is 0 Å². The van der Waals surface area contributed by atoms with Gasteiger partial charge in [-0.1, -0.05) is 36.8 Å². The van der Waals surface area contributed by atoms with Gasteiger partial charge in [0.1, 0.15) is 0 Å². The number of hydrogen-bond donors (Lipinski definition) is 1. The Bertz CT molecular complexity index is 479. The maximum atomic E-state index is 12.3. The zero-order valence-electron chi connectivity index (χ0n) is 11.6. The fourth-order valence-electron chi connectivity index (χ4n) is 2.35. The Morgan fingerprint density at radius 2 is 2.00 bits per heavy atom. The van der Waals surface area contributed by atoms with Crippen LogP contribution in [-0.2, 0) is 11.3 Å². The second-order valence-corrected chi connectivity index (χ2v) is 4.96. The van der Waals surface area contributed by atoms with Gasteiger partial charge in [-0.25, -0.2) is 5.01 Å². The predicted molar refractivity (Wildman–Crippen MR) is 76.6 cm³/mol. The van der Waals surface area contributed by atoms with Crippen molar-refractivity contribution in [3.8, 4) is 0 Å². The van der Waals surface area contributed by atoms with E-state index in [1.807, 2.05) is 19.1 Å². The first-order chi connectivity index (χ1) is 9.15. The number of carbonyl (C=O) groups excluding carboxylic acids is 1. The summed E-state index contributed by atoms with van der Waals surface area (Å²) in [5.41, 5.74) is 8.86. The molecule has 1 aromatic carbocycles. The number of carbonyl (C=O) groups is 1. The minimum atomic E-state index is -0.111. The van der Waals surface area contributed by atoms with Crippen LogP contribution in [0.4, 0.5) is 0 Å². The topological polar surface area (TPSA) is 58.7 Å². The van der Waals surface area contributed by atoms with Crippen molar-refractivity contribution in [3.05, 3.63) is 35.4 Å². The Morgan fingerprint density at radius 1 is 1.32 bits per heavy atom. The van der Waals surface area contributed by atoms with Crippen molar-refractivity contribution in [2.45, 2.75) is 33.2 Å². The molecule has 1 aliphatic rings. The molecule has 0 spiro atoms. The van der Waals surface area contributed by atoms with Gasteiger partial charge in [0.25, 0.3) is 5.91 Å². The number of rotatable bonds is 5. The lowest BCUT2D eigenvalue weighted by atomic mass is 9.98. The second kappa shape index (κ2) is 5.97. The summed E-state index contributed by atoms with van der Waals surface area (Å²) >= 11 is 0. The monoisotopic (exact) mass is 259 g/mol. The SMILES string of the molecule is CCC1=NN(Cc2ccc(C)cc2)C(=O)C1CCN. The summed E-state index contributed by atoms with van der Waals surface area (Å²) in [5, 5.41) is 6.04. The molecule has 0 aromatic heterocycles. The molecule has 4 nitrogen and oxygen atoms in total. The molecule has 1 aromatic rings. The lowest BCUT2D eigenvalue weighted by Crippen LogP contribution is -2.28. The van der Waals surface area contributed by atoms with Gasteiger partial charge in [-0.3, -0.25) is 4.79 Å². The largest absolute Gasteiger partial charge is 0.330 e. The van der Waals surface area contributed by atoms with E-state index in [1.165, 1.54) is 5.56 Å². The fraction of sp³-hybridized carbons (Fsp3) is 0.467. The van der Waals surface area contributed by atoms with Gasteiger partial charge in [0.2, 0.25) is 0 Å². The Kier molecular flexibility index (Phi) is 4.32. The molecule has 19 heavy (non-hydrogen) atoms. The Morgan fingerprint density at radius 3 is 2.58 bits per heavy atom. The van der Waals surface area contributed by atoms with E-state index in [-0.39, 0.29) is 11.8 Å². The van der Waals surface area contributed by atoms with Crippen molar-refractivity contribution >= 4 is 11.6 Å². The van der Waals surface area contributed by atoms with Gasteiger partial charge in [-0.2, -0.15) is 5.10 Å². The Balaban J connectivity index is 2.11. The highest BCUT2D eigenvalue weighted by Crippen LogP contribution is 2.22. The molecular formula is C15H21N3O. The van der Waals surface area contributed by atoms with Crippen molar-refractivity contribution in [1.82, 2.24) is 5.01 Å². The standard InChI is InChI=1S/C15H21N3O/c1-3-14-13(8-9-16)15(19)18(17-14)10-12-6-4-11(2)5-7-12/h4-7,13H,3,8-10,16H2,1-2H3. The molecule has 2 N–H and O–H groups in total. The third-order valence-electron chi connectivity index (χ3n) is 3.47. The first kappa shape index (κ1) is 13.7. The molecule has 1 unspecified atom stereocenters. The summed E-state index contributed by atoms with van der Waals surface area (Å²) < 4.78 is 0. The van der Waals surface area contributed by atoms with Crippen LogP contribution in [-0.4, -0.2) is 23.2 Å². The first-order valence-electron chi connectivity index (χ1n) is 6.80. The quantitative estimate of drug-likeness (QED) is 0.880. The van der Waals surface area contributed by atoms with E-state index in [0.29, 0.717) is 19.5 Å². The molecule has 1 heterocycles. The summed E-state index contributed by atoms with van der Waals surface area (Å²) in [7, 11) is 0. The van der Waals surface area contributed by atoms with Crippen LogP contribution >= 0.6 is 0 Å². The van der Waals surface area contributed by atoms with E-state index in [4.69, 9.17) is 5.73 Å². The predicted octanol–water partition coefficient (Wildman–Crippen LogP) is 2.07. The van der Waals surface area contributed by atoms with Gasteiger partial charge in [0.15, 0.2) is 0 Å². The van der Waals surface area contributed by atoms with E-state index in [2.05, 4.69) is 24.2 Å². The number of hydrogen-bond acceptors (Lipinski definition) is 3. The molecule has 1 aliphatic heterocycles. The van der Waals surface area contributed by atoms with E-state index in [1.54, 1.807) is 5.01 Å². The average molecular weight is 259 g/mol. The van der Waals surface area contributed by atoms with Crippen LogP contribution in [0.25, 0.3) is 0 Å². The van der Waals surface area contributed by atoms with E-state index in [9.17, 15) is 4.79 Å². The molecule has 0 saturated heterocycles. The molecule has 0 fully saturated rings. The third kappa shape index (κ3) is 3.01. The second-order valence-electron chi connectivity index (χ2n) is 4.96. The molecule has 0 saturated carbocycles. The normalized spacial score (nSPS) is 18.9. The number of nitrogens with two attached hydrogens (primary N) is 1. The maximum Gasteiger partial charge on any atom is 0.251 e. The van der Waals surface area contributed by atoms with Crippen molar-refractivity contribution in [2.75, 3.05) is 6.54 Å². The van der Waals surface area contributed by atoms with Crippen LogP contribution in [0.2, 0.25) is 0 Å². The van der Waals surface area contributed by atoms with Crippen LogP contribution in [0.1, 0.15) is 30.9 Å². The molecule has 1 atom stereocenters. The van der Waals surface area contributed by atoms with Crippen LogP contribution < -0.4 is 5.73 Å². The zero-order valence-corrected chi connectivity index (χ0v) is 11.6. The minimum absolute atomic E-state index is 0.0860. The van der Waals surface area contributed by atoms with Gasteiger partial charge in [-0.15, -0.1) is 0 Å². The molecule has 0 radical (unpaired) electrons. The molecule has 0 aliphatic carbocycles. The smallest absolute Gasteiger partial charge is 0.251 e. The number of nitrogens with zero attached hydrogens (tertiary/aromatic N) is 2. The number of benzene rings is 1. The summed E-state index contributed by atoms with van der Waals surface area (Å²) in [6, 6.07) is 8.19. The van der Waals surface area contributed by atoms with Crippen LogP contribution in [0.5, 0.6) is 0 Å². The van der Waals surface area contributed by atoms with Gasteiger partial charge in [0.05, 0.1) is 18.2 Å². The average Bonchev–Trinajstić information content (AvgIpc) is 2.70. The zero-order chi connectivity index (χ0) is 13.8. The van der Waals surface area contributed by atoms with Gasteiger partial charge < -0.3 is 5.73 Å². The molecular weight excluding hydrogens is 238 g/mol. The number of aryl methyl sites for hydroxylation is 1.